The fourth-order valence-corrected chi connectivity index (χ4v) is 2.62. The van der Waals surface area contributed by atoms with E-state index in [2.05, 4.69) is 15.3 Å². The first-order valence-electron chi connectivity index (χ1n) is 6.60. The van der Waals surface area contributed by atoms with Gasteiger partial charge < -0.3 is 20.4 Å². The maximum Gasteiger partial charge on any atom is 0.253 e. The minimum atomic E-state index is -0.207. The van der Waals surface area contributed by atoms with E-state index in [4.69, 9.17) is 10.5 Å². The summed E-state index contributed by atoms with van der Waals surface area (Å²) in [7, 11) is 1.58. The Bertz CT molecular complexity index is 666. The molecule has 2 aromatic heterocycles. The lowest BCUT2D eigenvalue weighted by atomic mass is 10.2. The Morgan fingerprint density at radius 1 is 1.50 bits per heavy atom. The second-order valence-electron chi connectivity index (χ2n) is 4.97. The number of ether oxygens (including phenoxy) is 1. The van der Waals surface area contributed by atoms with Crippen LogP contribution < -0.4 is 11.1 Å². The van der Waals surface area contributed by atoms with Crippen molar-refractivity contribution in [1.29, 1.82) is 0 Å². The molecule has 3 rings (SSSR count). The number of nitrogens with one attached hydrogen (secondary N) is 1. The summed E-state index contributed by atoms with van der Waals surface area (Å²) in [5.41, 5.74) is 7.01. The lowest BCUT2D eigenvalue weighted by molar-refractivity contribution is 0.0134. The summed E-state index contributed by atoms with van der Waals surface area (Å²) in [5, 5.41) is 3.19. The number of rotatable bonds is 2. The average Bonchev–Trinajstić information content (AvgIpc) is 3.02. The first-order chi connectivity index (χ1) is 9.61. The molecule has 1 fully saturated rings. The predicted octanol–water partition coefficient (Wildman–Crippen LogP) is 1.07. The lowest BCUT2D eigenvalue weighted by Gasteiger charge is -2.13. The first kappa shape index (κ1) is 12.9. The van der Waals surface area contributed by atoms with Gasteiger partial charge in [0.2, 0.25) is 0 Å². The quantitative estimate of drug-likeness (QED) is 0.854. The highest BCUT2D eigenvalue weighted by atomic mass is 16.5. The minimum absolute atomic E-state index is 0.111. The molecule has 7 nitrogen and oxygen atoms in total. The number of amides is 1. The SMILES string of the molecule is CNC(=O)c1cn([C@H]2CC[C@@H](C)O2)c2ncnc(N)c12. The van der Waals surface area contributed by atoms with Crippen LogP contribution in [-0.2, 0) is 4.74 Å². The van der Waals surface area contributed by atoms with E-state index < -0.39 is 0 Å². The summed E-state index contributed by atoms with van der Waals surface area (Å²) in [4.78, 5) is 20.2. The maximum absolute atomic E-state index is 12.0. The van der Waals surface area contributed by atoms with Crippen LogP contribution in [0.3, 0.4) is 0 Å². The Kier molecular flexibility index (Phi) is 3.06. The van der Waals surface area contributed by atoms with Gasteiger partial charge in [0.05, 0.1) is 17.1 Å². The first-order valence-corrected chi connectivity index (χ1v) is 6.60. The van der Waals surface area contributed by atoms with Crippen LogP contribution in [0.1, 0.15) is 36.4 Å². The number of hydrogen-bond donors (Lipinski definition) is 2. The topological polar surface area (TPSA) is 95.1 Å². The van der Waals surface area contributed by atoms with Crippen LogP contribution in [0, 0.1) is 0 Å². The number of nitrogens with two attached hydrogens (primary N) is 1. The zero-order valence-corrected chi connectivity index (χ0v) is 11.5. The van der Waals surface area contributed by atoms with Crippen LogP contribution in [0.2, 0.25) is 0 Å². The van der Waals surface area contributed by atoms with E-state index in [1.165, 1.54) is 6.33 Å². The summed E-state index contributed by atoms with van der Waals surface area (Å²) in [6, 6.07) is 0. The highest BCUT2D eigenvalue weighted by Gasteiger charge is 2.27. The van der Waals surface area contributed by atoms with Gasteiger partial charge in [-0.15, -0.1) is 0 Å². The number of nitrogens with zero attached hydrogens (tertiary/aromatic N) is 3. The molecule has 2 aromatic rings. The summed E-state index contributed by atoms with van der Waals surface area (Å²) in [6.45, 7) is 2.04. The molecular formula is C13H17N5O2. The molecule has 0 spiro atoms. The molecule has 1 aliphatic heterocycles. The molecule has 0 bridgehead atoms. The zero-order valence-electron chi connectivity index (χ0n) is 11.5. The monoisotopic (exact) mass is 275 g/mol. The number of nitrogen functional groups attached to an aromatic ring is 1. The molecule has 3 heterocycles. The van der Waals surface area contributed by atoms with Gasteiger partial charge in [-0.3, -0.25) is 4.79 Å². The van der Waals surface area contributed by atoms with Crippen molar-refractivity contribution in [2.45, 2.75) is 32.1 Å². The molecule has 7 heteroatoms. The van der Waals surface area contributed by atoms with Crippen LogP contribution >= 0.6 is 0 Å². The summed E-state index contributed by atoms with van der Waals surface area (Å²) in [6.07, 6.45) is 5.12. The van der Waals surface area contributed by atoms with Crippen molar-refractivity contribution < 1.29 is 9.53 Å². The van der Waals surface area contributed by atoms with Crippen molar-refractivity contribution >= 4 is 22.8 Å². The fraction of sp³-hybridized carbons (Fsp3) is 0.462. The second-order valence-corrected chi connectivity index (χ2v) is 4.97. The molecule has 1 saturated heterocycles. The summed E-state index contributed by atoms with van der Waals surface area (Å²) < 4.78 is 7.73. The second kappa shape index (κ2) is 4.75. The number of fused-ring (bicyclic) bond motifs is 1. The maximum atomic E-state index is 12.0. The highest BCUT2D eigenvalue weighted by Crippen LogP contribution is 2.33. The van der Waals surface area contributed by atoms with Crippen molar-refractivity contribution in [3.63, 3.8) is 0 Å². The van der Waals surface area contributed by atoms with Crippen molar-refractivity contribution in [3.8, 4) is 0 Å². The lowest BCUT2D eigenvalue weighted by Crippen LogP contribution is -2.17. The van der Waals surface area contributed by atoms with Crippen LogP contribution in [-0.4, -0.2) is 33.6 Å². The van der Waals surface area contributed by atoms with E-state index in [0.717, 1.165) is 12.8 Å². The third-order valence-corrected chi connectivity index (χ3v) is 3.63. The van der Waals surface area contributed by atoms with Gasteiger partial charge in [0, 0.05) is 13.2 Å². The number of anilines is 1. The number of carbonyl (C=O) groups excluding carboxylic acids is 1. The van der Waals surface area contributed by atoms with Crippen LogP contribution in [0.4, 0.5) is 5.82 Å². The normalized spacial score (nSPS) is 22.3. The van der Waals surface area contributed by atoms with Crippen molar-refractivity contribution in [2.24, 2.45) is 0 Å². The van der Waals surface area contributed by atoms with Gasteiger partial charge in [0.1, 0.15) is 24.0 Å². The van der Waals surface area contributed by atoms with Crippen LogP contribution in [0.5, 0.6) is 0 Å². The molecule has 20 heavy (non-hydrogen) atoms. The predicted molar refractivity (Wildman–Crippen MR) is 74.1 cm³/mol. The Labute approximate surface area is 116 Å². The third kappa shape index (κ3) is 1.90. The summed E-state index contributed by atoms with van der Waals surface area (Å²) >= 11 is 0. The third-order valence-electron chi connectivity index (χ3n) is 3.63. The van der Waals surface area contributed by atoms with Crippen LogP contribution in [0.15, 0.2) is 12.5 Å². The van der Waals surface area contributed by atoms with E-state index in [9.17, 15) is 4.79 Å². The van der Waals surface area contributed by atoms with E-state index in [1.54, 1.807) is 13.2 Å². The number of carbonyl (C=O) groups is 1. The van der Waals surface area contributed by atoms with Crippen LogP contribution in [0.25, 0.3) is 11.0 Å². The molecule has 2 atom stereocenters. The van der Waals surface area contributed by atoms with Crippen molar-refractivity contribution in [3.05, 3.63) is 18.1 Å². The Balaban J connectivity index is 2.18. The molecule has 106 valence electrons. The summed E-state index contributed by atoms with van der Waals surface area (Å²) in [5.74, 6) is 0.0969. The van der Waals surface area contributed by atoms with Gasteiger partial charge in [0.25, 0.3) is 5.91 Å². The molecular weight excluding hydrogens is 258 g/mol. The van der Waals surface area contributed by atoms with E-state index >= 15 is 0 Å². The van der Waals surface area contributed by atoms with E-state index in [1.807, 2.05) is 11.5 Å². The minimum Gasteiger partial charge on any atom is -0.383 e. The van der Waals surface area contributed by atoms with Crippen molar-refractivity contribution in [2.75, 3.05) is 12.8 Å². The molecule has 0 unspecified atom stereocenters. The molecule has 0 radical (unpaired) electrons. The largest absolute Gasteiger partial charge is 0.383 e. The Morgan fingerprint density at radius 2 is 2.30 bits per heavy atom. The number of aromatic nitrogens is 3. The standard InChI is InChI=1S/C13H17N5O2/c1-7-3-4-9(20-7)18-5-8(13(19)15-2)10-11(14)16-6-17-12(10)18/h5-7,9H,3-4H2,1-2H3,(H,15,19)(H2,14,16,17)/t7-,9-/m1/s1. The highest BCUT2D eigenvalue weighted by molar-refractivity contribution is 6.09. The zero-order chi connectivity index (χ0) is 14.3. The smallest absolute Gasteiger partial charge is 0.253 e. The molecule has 0 aliphatic carbocycles. The Morgan fingerprint density at radius 3 is 2.95 bits per heavy atom. The van der Waals surface area contributed by atoms with Gasteiger partial charge in [-0.1, -0.05) is 0 Å². The number of hydrogen-bond acceptors (Lipinski definition) is 5. The molecule has 1 aliphatic rings. The van der Waals surface area contributed by atoms with Crippen molar-refractivity contribution in [1.82, 2.24) is 19.9 Å². The Hall–Kier alpha value is -2.15. The van der Waals surface area contributed by atoms with Gasteiger partial charge in [0.15, 0.2) is 0 Å². The molecule has 0 aromatic carbocycles. The van der Waals surface area contributed by atoms with E-state index in [0.29, 0.717) is 22.4 Å². The van der Waals surface area contributed by atoms with E-state index in [-0.39, 0.29) is 18.2 Å². The average molecular weight is 275 g/mol. The van der Waals surface area contributed by atoms with Gasteiger partial charge >= 0.3 is 0 Å². The van der Waals surface area contributed by atoms with Gasteiger partial charge in [-0.05, 0) is 19.8 Å². The molecule has 1 amide bonds. The van der Waals surface area contributed by atoms with Gasteiger partial charge in [-0.25, -0.2) is 9.97 Å². The fourth-order valence-electron chi connectivity index (χ4n) is 2.62. The molecule has 0 saturated carbocycles. The molecule has 3 N–H and O–H groups in total. The van der Waals surface area contributed by atoms with Gasteiger partial charge in [-0.2, -0.15) is 0 Å².